The molecule has 2 nitrogen and oxygen atoms in total. The third-order valence-electron chi connectivity index (χ3n) is 10.8. The van der Waals surface area contributed by atoms with Crippen LogP contribution in [-0.2, 0) is 35.4 Å². The van der Waals surface area contributed by atoms with Crippen LogP contribution < -0.4 is 36.7 Å². The smallest absolute Gasteiger partial charge is 0.0752 e. The van der Waals surface area contributed by atoms with Crippen LogP contribution in [-0.4, -0.2) is 31.1 Å². The van der Waals surface area contributed by atoms with Crippen molar-refractivity contribution in [3.63, 3.8) is 0 Å². The first kappa shape index (κ1) is 32.9. The Kier molecular flexibility index (Phi) is 7.75. The Balaban J connectivity index is 1.49. The van der Waals surface area contributed by atoms with E-state index in [0.29, 0.717) is 0 Å². The van der Waals surface area contributed by atoms with E-state index in [1.807, 2.05) is 0 Å². The second-order valence-corrected chi connectivity index (χ2v) is 27.9. The highest BCUT2D eigenvalue weighted by Crippen LogP contribution is 2.66. The molecule has 0 radical (unpaired) electrons. The first-order chi connectivity index (χ1) is 24.1. The molecule has 0 spiro atoms. The lowest BCUT2D eigenvalue weighted by molar-refractivity contribution is 0.513. The molecule has 248 valence electrons. The second-order valence-electron chi connectivity index (χ2n) is 13.6. The number of rotatable bonds is 6. The highest BCUT2D eigenvalue weighted by molar-refractivity contribution is 8.24. The van der Waals surface area contributed by atoms with Gasteiger partial charge in [0.1, 0.15) is 0 Å². The van der Waals surface area contributed by atoms with Crippen LogP contribution in [0.4, 0.5) is 17.1 Å². The van der Waals surface area contributed by atoms with Crippen LogP contribution in [0.2, 0.25) is 0 Å². The molecule has 9 rings (SSSR count). The molecule has 0 saturated heterocycles. The van der Waals surface area contributed by atoms with E-state index in [1.165, 1.54) is 82.3 Å². The molecular formula is C42H37N2P3S3. The van der Waals surface area contributed by atoms with Gasteiger partial charge in [0.15, 0.2) is 0 Å². The summed E-state index contributed by atoms with van der Waals surface area (Å²) in [6.07, 6.45) is -2.55. The van der Waals surface area contributed by atoms with E-state index in [1.54, 1.807) is 0 Å². The van der Waals surface area contributed by atoms with Crippen LogP contribution in [0.1, 0.15) is 13.8 Å². The Bertz CT molecular complexity index is 2390. The van der Waals surface area contributed by atoms with Crippen LogP contribution >= 0.6 is 18.3 Å². The monoisotopic (exact) mass is 758 g/mol. The van der Waals surface area contributed by atoms with Crippen molar-refractivity contribution in [3.8, 4) is 33.4 Å². The Hall–Kier alpha value is -2.97. The topological polar surface area (TPSA) is 6.48 Å². The zero-order chi connectivity index (χ0) is 34.6. The van der Waals surface area contributed by atoms with Crippen LogP contribution in [0.5, 0.6) is 0 Å². The van der Waals surface area contributed by atoms with Gasteiger partial charge in [0.05, 0.1) is 23.3 Å². The molecule has 3 aliphatic heterocycles. The van der Waals surface area contributed by atoms with Gasteiger partial charge >= 0.3 is 0 Å². The standard InChI is InChI=1S/C42H37N2P3S3/c1-5-43(6-2)47(50)38-26-32(29-18-12-8-13-19-29)24-36-41(38)44-40-34(45(36,3)48)22-31(28-16-10-7-11-17-28)23-35(40)46(4,49)37-25-33(27-39(47)42(37)44)30-20-14-9-15-21-30/h7-27H,5-6H2,1-4H3. The maximum Gasteiger partial charge on any atom is 0.0752 e. The fourth-order valence-electron chi connectivity index (χ4n) is 8.31. The Morgan fingerprint density at radius 1 is 0.440 bits per heavy atom. The van der Waals surface area contributed by atoms with Gasteiger partial charge < -0.3 is 4.90 Å². The molecule has 0 fully saturated rings. The van der Waals surface area contributed by atoms with Gasteiger partial charge in [0, 0.05) is 57.0 Å². The molecule has 3 aliphatic rings. The van der Waals surface area contributed by atoms with Crippen LogP contribution in [0.25, 0.3) is 33.4 Å². The fraction of sp³-hybridized carbons (Fsp3) is 0.143. The molecule has 2 unspecified atom stereocenters. The van der Waals surface area contributed by atoms with Crippen LogP contribution in [0.3, 0.4) is 0 Å². The predicted octanol–water partition coefficient (Wildman–Crippen LogP) is 8.90. The van der Waals surface area contributed by atoms with Gasteiger partial charge in [0.25, 0.3) is 0 Å². The van der Waals surface area contributed by atoms with E-state index >= 15 is 0 Å². The van der Waals surface area contributed by atoms with Crippen LogP contribution in [0, 0.1) is 0 Å². The summed E-state index contributed by atoms with van der Waals surface area (Å²) in [5.41, 5.74) is 10.9. The molecule has 50 heavy (non-hydrogen) atoms. The molecule has 6 aromatic rings. The number of hydrogen-bond donors (Lipinski definition) is 0. The lowest BCUT2D eigenvalue weighted by Crippen LogP contribution is -2.51. The van der Waals surface area contributed by atoms with Gasteiger partial charge in [-0.25, -0.2) is 0 Å². The molecule has 6 aromatic carbocycles. The Labute approximate surface area is 311 Å². The highest BCUT2D eigenvalue weighted by Gasteiger charge is 2.51. The summed E-state index contributed by atoms with van der Waals surface area (Å²) in [4.78, 5) is 2.59. The first-order valence-electron chi connectivity index (χ1n) is 17.1. The summed E-state index contributed by atoms with van der Waals surface area (Å²) in [7, 11) is 0. The molecule has 0 bridgehead atoms. The molecule has 0 amide bonds. The SMILES string of the molecule is CCN(CC)P1(=S)c2cc(-c3ccccc3)cc3c2N2c4c(cc(-c5ccccc5)cc4P(C)(=S)c4cc(-c5ccccc5)cc1c42)P3(C)=S. The van der Waals surface area contributed by atoms with E-state index in [4.69, 9.17) is 35.4 Å². The quantitative estimate of drug-likeness (QED) is 0.156. The summed E-state index contributed by atoms with van der Waals surface area (Å²) in [6.45, 7) is 10.9. The van der Waals surface area contributed by atoms with E-state index in [-0.39, 0.29) is 0 Å². The Morgan fingerprint density at radius 2 is 0.720 bits per heavy atom. The first-order valence-corrected chi connectivity index (χ1v) is 26.4. The second kappa shape index (κ2) is 11.8. The van der Waals surface area contributed by atoms with E-state index in [0.717, 1.165) is 13.1 Å². The number of benzene rings is 6. The van der Waals surface area contributed by atoms with Gasteiger partial charge in [-0.2, -0.15) is 0 Å². The number of nitrogens with zero attached hydrogens (tertiary/aromatic N) is 2. The normalized spacial score (nSPS) is 22.4. The van der Waals surface area contributed by atoms with E-state index < -0.39 is 18.3 Å². The molecule has 0 saturated carbocycles. The lowest BCUT2D eigenvalue weighted by Gasteiger charge is -2.53. The van der Waals surface area contributed by atoms with E-state index in [9.17, 15) is 0 Å². The zero-order valence-electron chi connectivity index (χ0n) is 28.5. The molecular weight excluding hydrogens is 722 g/mol. The summed E-state index contributed by atoms with van der Waals surface area (Å²) in [6, 6.07) is 42.1. The van der Waals surface area contributed by atoms with Gasteiger partial charge in [-0.3, -0.25) is 4.67 Å². The van der Waals surface area contributed by atoms with Crippen molar-refractivity contribution in [3.05, 3.63) is 127 Å². The van der Waals surface area contributed by atoms with Crippen molar-refractivity contribution in [2.75, 3.05) is 31.3 Å². The number of anilines is 3. The highest BCUT2D eigenvalue weighted by atomic mass is 32.4. The Morgan fingerprint density at radius 3 is 1.02 bits per heavy atom. The summed E-state index contributed by atoms with van der Waals surface area (Å²) >= 11 is 21.2. The van der Waals surface area contributed by atoms with Gasteiger partial charge in [-0.15, -0.1) is 0 Å². The minimum Gasteiger partial charge on any atom is -0.306 e. The average molecular weight is 759 g/mol. The summed E-state index contributed by atoms with van der Waals surface area (Å²) in [5.74, 6) is 0. The van der Waals surface area contributed by atoms with Crippen molar-refractivity contribution >= 4 is 103 Å². The predicted molar refractivity (Wildman–Crippen MR) is 233 cm³/mol. The molecule has 0 N–H and O–H groups in total. The van der Waals surface area contributed by atoms with Crippen molar-refractivity contribution in [1.82, 2.24) is 4.67 Å². The fourth-order valence-corrected chi connectivity index (χ4v) is 19.6. The third-order valence-corrected chi connectivity index (χ3v) is 23.4. The van der Waals surface area contributed by atoms with Gasteiger partial charge in [-0.1, -0.05) is 140 Å². The third kappa shape index (κ3) is 4.52. The maximum absolute atomic E-state index is 7.27. The van der Waals surface area contributed by atoms with Crippen molar-refractivity contribution < 1.29 is 0 Å². The molecule has 8 heteroatoms. The number of hydrogen-bond acceptors (Lipinski definition) is 4. The largest absolute Gasteiger partial charge is 0.306 e. The molecule has 3 heterocycles. The molecule has 0 aliphatic carbocycles. The maximum atomic E-state index is 7.27. The average Bonchev–Trinajstić information content (AvgIpc) is 3.15. The molecule has 2 atom stereocenters. The van der Waals surface area contributed by atoms with Crippen molar-refractivity contribution in [2.45, 2.75) is 13.8 Å². The zero-order valence-corrected chi connectivity index (χ0v) is 33.6. The van der Waals surface area contributed by atoms with Crippen molar-refractivity contribution in [2.24, 2.45) is 0 Å². The van der Waals surface area contributed by atoms with Crippen LogP contribution in [0.15, 0.2) is 127 Å². The van der Waals surface area contributed by atoms with E-state index in [2.05, 4.69) is 164 Å². The lowest BCUT2D eigenvalue weighted by atomic mass is 10.0. The van der Waals surface area contributed by atoms with Gasteiger partial charge in [0.2, 0.25) is 0 Å². The summed E-state index contributed by atoms with van der Waals surface area (Å²) < 4.78 is 2.58. The minimum atomic E-state index is -2.55. The van der Waals surface area contributed by atoms with Gasteiger partial charge in [-0.05, 0) is 83.1 Å². The molecule has 0 aromatic heterocycles. The van der Waals surface area contributed by atoms with Crippen molar-refractivity contribution in [1.29, 1.82) is 0 Å². The summed E-state index contributed by atoms with van der Waals surface area (Å²) in [5, 5.41) is 7.60. The minimum absolute atomic E-state index is 0.866.